The van der Waals surface area contributed by atoms with Gasteiger partial charge < -0.3 is 25.0 Å². The van der Waals surface area contributed by atoms with Gasteiger partial charge in [-0.05, 0) is 51.7 Å². The van der Waals surface area contributed by atoms with Crippen LogP contribution in [0, 0.1) is 24.2 Å². The molecule has 1 aromatic rings. The zero-order valence-electron chi connectivity index (χ0n) is 22.7. The quantitative estimate of drug-likeness (QED) is 0.247. The Kier molecular flexibility index (Phi) is 10.1. The SMILES string of the molecule is Cc1ccc(C[C@H](NC(=O)OC[C@H]2CCCN(C(=O)/C(C#N)=C/C(C)(C)N3CCC(F)(F)C3)C2)B(O)O)cc1. The van der Waals surface area contributed by atoms with Crippen molar-refractivity contribution in [3.05, 3.63) is 47.0 Å². The predicted octanol–water partition coefficient (Wildman–Crippen LogP) is 2.45. The lowest BCUT2D eigenvalue weighted by atomic mass is 9.76. The smallest absolute Gasteiger partial charge is 0.449 e. The largest absolute Gasteiger partial charge is 0.475 e. The van der Waals surface area contributed by atoms with Crippen LogP contribution in [0.2, 0.25) is 0 Å². The van der Waals surface area contributed by atoms with E-state index in [2.05, 4.69) is 5.32 Å². The number of halogens is 2. The molecule has 2 heterocycles. The van der Waals surface area contributed by atoms with Gasteiger partial charge in [-0.1, -0.05) is 29.8 Å². The number of benzene rings is 1. The molecule has 0 aliphatic carbocycles. The fourth-order valence-electron chi connectivity index (χ4n) is 4.97. The molecular weight excluding hydrogens is 509 g/mol. The number of alkyl halides is 2. The van der Waals surface area contributed by atoms with E-state index in [0.29, 0.717) is 19.4 Å². The van der Waals surface area contributed by atoms with Crippen molar-refractivity contribution in [3.63, 3.8) is 0 Å². The Morgan fingerprint density at radius 1 is 1.31 bits per heavy atom. The number of likely N-dealkylation sites (tertiary alicyclic amines) is 2. The van der Waals surface area contributed by atoms with E-state index >= 15 is 0 Å². The molecule has 0 spiro atoms. The average molecular weight is 546 g/mol. The van der Waals surface area contributed by atoms with Gasteiger partial charge in [-0.15, -0.1) is 0 Å². The molecule has 2 aliphatic rings. The number of nitrogens with zero attached hydrogens (tertiary/aromatic N) is 3. The number of piperidine rings is 1. The molecule has 2 fully saturated rings. The van der Waals surface area contributed by atoms with Crippen molar-refractivity contribution >= 4 is 19.1 Å². The summed E-state index contributed by atoms with van der Waals surface area (Å²) in [5, 5.41) is 31.6. The van der Waals surface area contributed by atoms with Crippen LogP contribution >= 0.6 is 0 Å². The molecule has 0 saturated carbocycles. The van der Waals surface area contributed by atoms with Crippen molar-refractivity contribution in [2.75, 3.05) is 32.8 Å². The zero-order chi connectivity index (χ0) is 28.8. The van der Waals surface area contributed by atoms with Crippen molar-refractivity contribution < 1.29 is 33.2 Å². The van der Waals surface area contributed by atoms with E-state index in [9.17, 15) is 33.7 Å². The highest BCUT2D eigenvalue weighted by molar-refractivity contribution is 6.43. The molecule has 39 heavy (non-hydrogen) atoms. The first kappa shape index (κ1) is 30.5. The fraction of sp³-hybridized carbons (Fsp3) is 0.593. The number of amides is 2. The molecule has 0 unspecified atom stereocenters. The molecule has 2 atom stereocenters. The fourth-order valence-corrected chi connectivity index (χ4v) is 4.97. The zero-order valence-corrected chi connectivity index (χ0v) is 22.7. The molecule has 12 heteroatoms. The van der Waals surface area contributed by atoms with Gasteiger partial charge in [0.1, 0.15) is 11.6 Å². The number of alkyl carbamates (subject to hydrolysis) is 1. The van der Waals surface area contributed by atoms with E-state index < -0.39 is 43.1 Å². The van der Waals surface area contributed by atoms with Crippen LogP contribution in [0.15, 0.2) is 35.9 Å². The van der Waals surface area contributed by atoms with Gasteiger partial charge in [-0.3, -0.25) is 9.69 Å². The number of hydrogen-bond acceptors (Lipinski definition) is 7. The maximum absolute atomic E-state index is 13.7. The molecule has 0 radical (unpaired) electrons. The van der Waals surface area contributed by atoms with Crippen LogP contribution in [0.1, 0.15) is 44.2 Å². The van der Waals surface area contributed by atoms with Crippen molar-refractivity contribution in [1.82, 2.24) is 15.1 Å². The molecule has 9 nitrogen and oxygen atoms in total. The van der Waals surface area contributed by atoms with Crippen LogP contribution in [-0.2, 0) is 16.0 Å². The Morgan fingerprint density at radius 3 is 2.59 bits per heavy atom. The van der Waals surface area contributed by atoms with Crippen LogP contribution in [0.4, 0.5) is 13.6 Å². The third kappa shape index (κ3) is 8.75. The Hall–Kier alpha value is -3.01. The molecule has 1 aromatic carbocycles. The van der Waals surface area contributed by atoms with Gasteiger partial charge >= 0.3 is 13.2 Å². The topological polar surface area (TPSA) is 126 Å². The molecule has 3 rings (SSSR count). The lowest BCUT2D eigenvalue weighted by Gasteiger charge is -2.35. The van der Waals surface area contributed by atoms with Crippen LogP contribution in [0.25, 0.3) is 0 Å². The highest BCUT2D eigenvalue weighted by Gasteiger charge is 2.43. The Morgan fingerprint density at radius 2 is 2.00 bits per heavy atom. The molecule has 212 valence electrons. The minimum absolute atomic E-state index is 0.00828. The van der Waals surface area contributed by atoms with Crippen LogP contribution in [0.5, 0.6) is 0 Å². The lowest BCUT2D eigenvalue weighted by molar-refractivity contribution is -0.128. The van der Waals surface area contributed by atoms with Gasteiger partial charge in [0.15, 0.2) is 0 Å². The lowest BCUT2D eigenvalue weighted by Crippen LogP contribution is -2.48. The minimum Gasteiger partial charge on any atom is -0.449 e. The third-order valence-corrected chi connectivity index (χ3v) is 7.33. The molecular formula is C27H37BF2N4O5. The maximum Gasteiger partial charge on any atom is 0.475 e. The second-order valence-corrected chi connectivity index (χ2v) is 11.1. The highest BCUT2D eigenvalue weighted by atomic mass is 19.3. The van der Waals surface area contributed by atoms with Gasteiger partial charge in [0.2, 0.25) is 0 Å². The summed E-state index contributed by atoms with van der Waals surface area (Å²) in [7, 11) is -1.78. The maximum atomic E-state index is 13.7. The molecule has 3 N–H and O–H groups in total. The second kappa shape index (κ2) is 12.9. The average Bonchev–Trinajstić information content (AvgIpc) is 3.27. The summed E-state index contributed by atoms with van der Waals surface area (Å²) < 4.78 is 32.8. The second-order valence-electron chi connectivity index (χ2n) is 11.1. The minimum atomic E-state index is -2.79. The van der Waals surface area contributed by atoms with Crippen molar-refractivity contribution in [2.45, 2.75) is 63.9 Å². The number of rotatable bonds is 9. The summed E-state index contributed by atoms with van der Waals surface area (Å²) in [5.41, 5.74) is 0.877. The molecule has 0 bridgehead atoms. The van der Waals surface area contributed by atoms with Crippen molar-refractivity contribution in [1.29, 1.82) is 5.26 Å². The molecule has 2 saturated heterocycles. The van der Waals surface area contributed by atoms with E-state index in [1.54, 1.807) is 18.7 Å². The van der Waals surface area contributed by atoms with E-state index in [4.69, 9.17) is 4.74 Å². The Labute approximate surface area is 228 Å². The predicted molar refractivity (Wildman–Crippen MR) is 142 cm³/mol. The van der Waals surface area contributed by atoms with E-state index in [0.717, 1.165) is 11.1 Å². The van der Waals surface area contributed by atoms with Crippen molar-refractivity contribution in [3.8, 4) is 6.07 Å². The Bertz CT molecular complexity index is 1090. The highest BCUT2D eigenvalue weighted by Crippen LogP contribution is 2.33. The standard InChI is InChI=1S/C27H37BF2N4O5/c1-19-6-8-20(9-7-19)13-23(28(37)38)32-25(36)39-17-21-5-4-11-33(16-21)24(35)22(15-31)14-26(2,3)34-12-10-27(29,30)18-34/h6-9,14,21,23,37-38H,4-5,10-13,16-18H2,1-3H3,(H,32,36)/b22-14+/t21-,23-/m0/s1. The monoisotopic (exact) mass is 546 g/mol. The number of carbonyl (C=O) groups excluding carboxylic acids is 2. The van der Waals surface area contributed by atoms with Gasteiger partial charge in [0.25, 0.3) is 11.8 Å². The van der Waals surface area contributed by atoms with Crippen LogP contribution < -0.4 is 5.32 Å². The van der Waals surface area contributed by atoms with Crippen LogP contribution in [-0.4, -0.2) is 89.2 Å². The number of nitriles is 1. The van der Waals surface area contributed by atoms with Gasteiger partial charge in [-0.2, -0.15) is 5.26 Å². The Balaban J connectivity index is 1.54. The van der Waals surface area contributed by atoms with E-state index in [1.165, 1.54) is 11.0 Å². The summed E-state index contributed by atoms with van der Waals surface area (Å²) in [6.45, 7) is 5.81. The first-order chi connectivity index (χ1) is 18.3. The number of carbonyl (C=O) groups is 2. The summed E-state index contributed by atoms with van der Waals surface area (Å²) >= 11 is 0. The normalized spacial score (nSPS) is 20.7. The van der Waals surface area contributed by atoms with Gasteiger partial charge in [0, 0.05) is 37.5 Å². The van der Waals surface area contributed by atoms with E-state index in [1.807, 2.05) is 37.3 Å². The first-order valence-electron chi connectivity index (χ1n) is 13.2. The van der Waals surface area contributed by atoms with E-state index in [-0.39, 0.29) is 44.0 Å². The first-order valence-corrected chi connectivity index (χ1v) is 13.2. The summed E-state index contributed by atoms with van der Waals surface area (Å²) in [6.07, 6.45) is 1.95. The van der Waals surface area contributed by atoms with Crippen molar-refractivity contribution in [2.24, 2.45) is 5.92 Å². The molecule has 2 amide bonds. The van der Waals surface area contributed by atoms with Gasteiger partial charge in [-0.25, -0.2) is 13.6 Å². The summed E-state index contributed by atoms with van der Waals surface area (Å²) in [6, 6.07) is 9.41. The molecule has 0 aromatic heterocycles. The number of aryl methyl sites for hydroxylation is 1. The van der Waals surface area contributed by atoms with Gasteiger partial charge in [0.05, 0.1) is 19.1 Å². The summed E-state index contributed by atoms with van der Waals surface area (Å²) in [4.78, 5) is 28.6. The third-order valence-electron chi connectivity index (χ3n) is 7.33. The molecule has 2 aliphatic heterocycles. The number of ether oxygens (including phenoxy) is 1. The van der Waals surface area contributed by atoms with Crippen LogP contribution in [0.3, 0.4) is 0 Å². The summed E-state index contributed by atoms with van der Waals surface area (Å²) in [5.74, 6) is -4.41. The number of hydrogen-bond donors (Lipinski definition) is 3. The number of nitrogens with one attached hydrogen (secondary N) is 1.